The van der Waals surface area contributed by atoms with E-state index in [2.05, 4.69) is 4.98 Å². The Kier molecular flexibility index (Phi) is 4.24. The lowest BCUT2D eigenvalue weighted by molar-refractivity contribution is -0.140. The number of carbonyl (C=O) groups excluding carboxylic acids is 1. The summed E-state index contributed by atoms with van der Waals surface area (Å²) in [5.74, 6) is -2.39. The van der Waals surface area contributed by atoms with Gasteiger partial charge in [-0.1, -0.05) is 0 Å². The Labute approximate surface area is 127 Å². The molecule has 0 bridgehead atoms. The second-order valence-electron chi connectivity index (χ2n) is 6.12. The first kappa shape index (κ1) is 14.9. The van der Waals surface area contributed by atoms with Gasteiger partial charge in [0, 0.05) is 49.3 Å². The van der Waals surface area contributed by atoms with Crippen molar-refractivity contribution in [3.8, 4) is 0 Å². The lowest BCUT2D eigenvalue weighted by Gasteiger charge is -2.36. The van der Waals surface area contributed by atoms with Gasteiger partial charge in [0.05, 0.1) is 5.01 Å². The molecule has 1 aromatic rings. The maximum atomic E-state index is 13.2. The van der Waals surface area contributed by atoms with Crippen molar-refractivity contribution >= 4 is 17.2 Å². The highest BCUT2D eigenvalue weighted by atomic mass is 32.1. The van der Waals surface area contributed by atoms with E-state index in [9.17, 15) is 13.6 Å². The van der Waals surface area contributed by atoms with Crippen LogP contribution in [0.5, 0.6) is 0 Å². The highest BCUT2D eigenvalue weighted by Crippen LogP contribution is 2.38. The van der Waals surface area contributed by atoms with Crippen LogP contribution in [0.15, 0.2) is 11.6 Å². The topological polar surface area (TPSA) is 33.2 Å². The van der Waals surface area contributed by atoms with E-state index in [1.807, 2.05) is 10.3 Å². The first-order chi connectivity index (χ1) is 10.1. The van der Waals surface area contributed by atoms with E-state index in [1.54, 1.807) is 17.5 Å². The lowest BCUT2D eigenvalue weighted by atomic mass is 9.85. The van der Waals surface area contributed by atoms with Crippen LogP contribution in [0.1, 0.15) is 49.5 Å². The average molecular weight is 314 g/mol. The SMILES string of the molecule is O=C(C1CCC(F)(F)CC1)N1CCC[C@H](c2nccs2)C1. The molecule has 1 atom stereocenters. The molecule has 1 saturated carbocycles. The Bertz CT molecular complexity index is 482. The van der Waals surface area contributed by atoms with Gasteiger partial charge >= 0.3 is 0 Å². The maximum absolute atomic E-state index is 13.2. The fourth-order valence-electron chi connectivity index (χ4n) is 3.36. The molecule has 1 aliphatic heterocycles. The van der Waals surface area contributed by atoms with Gasteiger partial charge in [0.15, 0.2) is 0 Å². The van der Waals surface area contributed by atoms with E-state index < -0.39 is 5.92 Å². The van der Waals surface area contributed by atoms with E-state index in [1.165, 1.54) is 0 Å². The molecule has 6 heteroatoms. The molecule has 0 radical (unpaired) electrons. The number of amides is 1. The fraction of sp³-hybridized carbons (Fsp3) is 0.733. The number of hydrogen-bond donors (Lipinski definition) is 0. The molecule has 1 aromatic heterocycles. The summed E-state index contributed by atoms with van der Waals surface area (Å²) >= 11 is 1.63. The number of aromatic nitrogens is 1. The second kappa shape index (κ2) is 5.99. The Morgan fingerprint density at radius 2 is 2.10 bits per heavy atom. The molecule has 0 aromatic carbocycles. The van der Waals surface area contributed by atoms with E-state index >= 15 is 0 Å². The Morgan fingerprint density at radius 3 is 2.76 bits per heavy atom. The van der Waals surface area contributed by atoms with E-state index in [-0.39, 0.29) is 24.7 Å². The smallest absolute Gasteiger partial charge is 0.248 e. The van der Waals surface area contributed by atoms with Crippen molar-refractivity contribution in [3.63, 3.8) is 0 Å². The van der Waals surface area contributed by atoms with Gasteiger partial charge in [0.25, 0.3) is 0 Å². The van der Waals surface area contributed by atoms with Crippen LogP contribution in [0.4, 0.5) is 8.78 Å². The summed E-state index contributed by atoms with van der Waals surface area (Å²) in [6.07, 6.45) is 4.18. The van der Waals surface area contributed by atoms with E-state index in [0.717, 1.165) is 24.4 Å². The lowest BCUT2D eigenvalue weighted by Crippen LogP contribution is -2.44. The molecule has 0 spiro atoms. The number of alkyl halides is 2. The molecule has 3 rings (SSSR count). The molecule has 2 fully saturated rings. The van der Waals surface area contributed by atoms with Gasteiger partial charge in [-0.05, 0) is 25.7 Å². The maximum Gasteiger partial charge on any atom is 0.248 e. The zero-order valence-corrected chi connectivity index (χ0v) is 12.7. The normalized spacial score (nSPS) is 26.8. The number of nitrogens with zero attached hydrogens (tertiary/aromatic N) is 2. The van der Waals surface area contributed by atoms with Crippen LogP contribution in [0.3, 0.4) is 0 Å². The van der Waals surface area contributed by atoms with E-state index in [4.69, 9.17) is 0 Å². The van der Waals surface area contributed by atoms with Gasteiger partial charge in [0.2, 0.25) is 11.8 Å². The third kappa shape index (κ3) is 3.42. The van der Waals surface area contributed by atoms with Crippen molar-refractivity contribution < 1.29 is 13.6 Å². The summed E-state index contributed by atoms with van der Waals surface area (Å²) in [5.41, 5.74) is 0. The second-order valence-corrected chi connectivity index (χ2v) is 7.05. The molecular weight excluding hydrogens is 294 g/mol. The minimum atomic E-state index is -2.57. The van der Waals surface area contributed by atoms with Crippen molar-refractivity contribution in [3.05, 3.63) is 16.6 Å². The third-order valence-corrected chi connectivity index (χ3v) is 5.54. The molecule has 1 aliphatic carbocycles. The third-order valence-electron chi connectivity index (χ3n) is 4.60. The van der Waals surface area contributed by atoms with Gasteiger partial charge in [-0.2, -0.15) is 0 Å². The molecule has 2 aliphatic rings. The largest absolute Gasteiger partial charge is 0.342 e. The number of thiazole rings is 1. The summed E-state index contributed by atoms with van der Waals surface area (Å²) in [6.45, 7) is 1.45. The van der Waals surface area contributed by atoms with Crippen LogP contribution >= 0.6 is 11.3 Å². The molecule has 2 heterocycles. The minimum Gasteiger partial charge on any atom is -0.342 e. The highest BCUT2D eigenvalue weighted by Gasteiger charge is 2.39. The van der Waals surface area contributed by atoms with Crippen molar-refractivity contribution in [1.29, 1.82) is 0 Å². The van der Waals surface area contributed by atoms with Crippen LogP contribution in [0, 0.1) is 5.92 Å². The first-order valence-corrected chi connectivity index (χ1v) is 8.49. The molecule has 21 heavy (non-hydrogen) atoms. The molecule has 116 valence electrons. The van der Waals surface area contributed by atoms with Crippen molar-refractivity contribution in [1.82, 2.24) is 9.88 Å². The van der Waals surface area contributed by atoms with Crippen LogP contribution in [0.2, 0.25) is 0 Å². The quantitative estimate of drug-likeness (QED) is 0.834. The van der Waals surface area contributed by atoms with E-state index in [0.29, 0.717) is 25.3 Å². The van der Waals surface area contributed by atoms with Crippen molar-refractivity contribution in [2.75, 3.05) is 13.1 Å². The molecule has 1 saturated heterocycles. The first-order valence-electron chi connectivity index (χ1n) is 7.61. The standard InChI is InChI=1S/C15H20F2N2OS/c16-15(17)5-3-11(4-6-15)14(20)19-8-1-2-12(10-19)13-18-7-9-21-13/h7,9,11-12H,1-6,8,10H2/t12-/m0/s1. The minimum absolute atomic E-state index is 0.0757. The molecule has 1 amide bonds. The average Bonchev–Trinajstić information content (AvgIpc) is 3.01. The zero-order valence-electron chi connectivity index (χ0n) is 11.9. The van der Waals surface area contributed by atoms with Gasteiger partial charge < -0.3 is 4.90 Å². The Balaban J connectivity index is 1.60. The summed E-state index contributed by atoms with van der Waals surface area (Å²) in [5, 5.41) is 3.04. The number of carbonyl (C=O) groups is 1. The fourth-order valence-corrected chi connectivity index (χ4v) is 4.13. The van der Waals surface area contributed by atoms with Crippen LogP contribution in [-0.4, -0.2) is 34.8 Å². The molecule has 0 N–H and O–H groups in total. The molecule has 0 unspecified atom stereocenters. The van der Waals surface area contributed by atoms with Gasteiger partial charge in [0.1, 0.15) is 0 Å². The highest BCUT2D eigenvalue weighted by molar-refractivity contribution is 7.09. The Hall–Kier alpha value is -1.04. The summed E-state index contributed by atoms with van der Waals surface area (Å²) in [7, 11) is 0. The number of likely N-dealkylation sites (tertiary alicyclic amines) is 1. The van der Waals surface area contributed by atoms with Crippen molar-refractivity contribution in [2.45, 2.75) is 50.4 Å². The number of piperidine rings is 1. The number of halogens is 2. The van der Waals surface area contributed by atoms with Gasteiger partial charge in [-0.3, -0.25) is 4.79 Å². The predicted octanol–water partition coefficient (Wildman–Crippen LogP) is 3.67. The van der Waals surface area contributed by atoms with Gasteiger partial charge in [-0.25, -0.2) is 13.8 Å². The summed E-state index contributed by atoms with van der Waals surface area (Å²) < 4.78 is 26.4. The number of rotatable bonds is 2. The monoisotopic (exact) mass is 314 g/mol. The van der Waals surface area contributed by atoms with Crippen LogP contribution in [-0.2, 0) is 4.79 Å². The van der Waals surface area contributed by atoms with Crippen LogP contribution < -0.4 is 0 Å². The molecular formula is C15H20F2N2OS. The zero-order chi connectivity index (χ0) is 14.9. The van der Waals surface area contributed by atoms with Crippen LogP contribution in [0.25, 0.3) is 0 Å². The molecule has 3 nitrogen and oxygen atoms in total. The van der Waals surface area contributed by atoms with Crippen molar-refractivity contribution in [2.24, 2.45) is 5.92 Å². The Morgan fingerprint density at radius 1 is 1.33 bits per heavy atom. The van der Waals surface area contributed by atoms with Gasteiger partial charge in [-0.15, -0.1) is 11.3 Å². The summed E-state index contributed by atoms with van der Waals surface area (Å²) in [6, 6.07) is 0. The summed E-state index contributed by atoms with van der Waals surface area (Å²) in [4.78, 5) is 18.8. The predicted molar refractivity (Wildman–Crippen MR) is 77.6 cm³/mol. The number of hydrogen-bond acceptors (Lipinski definition) is 3.